The molecule has 0 aliphatic heterocycles. The first-order valence-corrected chi connectivity index (χ1v) is 7.53. The van der Waals surface area contributed by atoms with Gasteiger partial charge in [-0.3, -0.25) is 4.79 Å². The Morgan fingerprint density at radius 3 is 2.76 bits per heavy atom. The van der Waals surface area contributed by atoms with E-state index in [-0.39, 0.29) is 18.6 Å². The molecule has 21 heavy (non-hydrogen) atoms. The van der Waals surface area contributed by atoms with Crippen LogP contribution in [-0.2, 0) is 0 Å². The third-order valence-corrected chi connectivity index (χ3v) is 3.90. The van der Waals surface area contributed by atoms with Crippen molar-refractivity contribution >= 4 is 17.2 Å². The summed E-state index contributed by atoms with van der Waals surface area (Å²) in [5, 5.41) is 14.2. The molecular formula is C15H18N2O3S. The second-order valence-corrected chi connectivity index (χ2v) is 5.51. The zero-order valence-electron chi connectivity index (χ0n) is 12.0. The first kappa shape index (κ1) is 15.5. The molecule has 5 nitrogen and oxygen atoms in total. The van der Waals surface area contributed by atoms with Gasteiger partial charge in [0, 0.05) is 23.6 Å². The van der Waals surface area contributed by atoms with E-state index in [0.717, 1.165) is 16.3 Å². The standard InChI is InChI=1S/C15H18N2O3S/c1-10(7-8-18)16-14(19)13-9-21-15(17-13)11-3-5-12(20-2)6-4-11/h3-6,9-10,18H,7-8H2,1-2H3,(H,16,19). The van der Waals surface area contributed by atoms with Crippen LogP contribution >= 0.6 is 11.3 Å². The van der Waals surface area contributed by atoms with Crippen LogP contribution in [0.4, 0.5) is 0 Å². The van der Waals surface area contributed by atoms with E-state index in [2.05, 4.69) is 10.3 Å². The fraction of sp³-hybridized carbons (Fsp3) is 0.333. The van der Waals surface area contributed by atoms with Crippen LogP contribution in [0.5, 0.6) is 5.75 Å². The van der Waals surface area contributed by atoms with Gasteiger partial charge in [0.1, 0.15) is 16.5 Å². The summed E-state index contributed by atoms with van der Waals surface area (Å²) in [7, 11) is 1.62. The van der Waals surface area contributed by atoms with Gasteiger partial charge in [0.25, 0.3) is 5.91 Å². The first-order chi connectivity index (χ1) is 10.1. The number of aromatic nitrogens is 1. The normalized spacial score (nSPS) is 12.0. The van der Waals surface area contributed by atoms with E-state index in [1.165, 1.54) is 11.3 Å². The molecule has 0 spiro atoms. The highest BCUT2D eigenvalue weighted by atomic mass is 32.1. The molecule has 0 saturated heterocycles. The number of nitrogens with one attached hydrogen (secondary N) is 1. The van der Waals surface area contributed by atoms with Crippen molar-refractivity contribution in [2.24, 2.45) is 0 Å². The highest BCUT2D eigenvalue weighted by Crippen LogP contribution is 2.25. The van der Waals surface area contributed by atoms with E-state index >= 15 is 0 Å². The lowest BCUT2D eigenvalue weighted by Crippen LogP contribution is -2.33. The van der Waals surface area contributed by atoms with Gasteiger partial charge in [-0.05, 0) is 37.6 Å². The number of aliphatic hydroxyl groups excluding tert-OH is 1. The number of amides is 1. The van der Waals surface area contributed by atoms with Crippen molar-refractivity contribution in [2.75, 3.05) is 13.7 Å². The van der Waals surface area contributed by atoms with Crippen molar-refractivity contribution in [3.05, 3.63) is 35.3 Å². The molecule has 2 aromatic rings. The molecule has 1 aromatic heterocycles. The van der Waals surface area contributed by atoms with Crippen LogP contribution in [0.15, 0.2) is 29.6 Å². The Kier molecular flexibility index (Phi) is 5.30. The predicted octanol–water partition coefficient (Wildman–Crippen LogP) is 2.32. The number of aliphatic hydroxyl groups is 1. The van der Waals surface area contributed by atoms with Gasteiger partial charge in [-0.25, -0.2) is 4.98 Å². The SMILES string of the molecule is COc1ccc(-c2nc(C(=O)NC(C)CCO)cs2)cc1. The van der Waals surface area contributed by atoms with E-state index in [0.29, 0.717) is 12.1 Å². The molecule has 0 aliphatic rings. The molecule has 1 amide bonds. The predicted molar refractivity (Wildman–Crippen MR) is 82.7 cm³/mol. The number of benzene rings is 1. The number of ether oxygens (including phenoxy) is 1. The Morgan fingerprint density at radius 1 is 1.43 bits per heavy atom. The van der Waals surface area contributed by atoms with Crippen LogP contribution in [0.2, 0.25) is 0 Å². The van der Waals surface area contributed by atoms with E-state index in [9.17, 15) is 4.79 Å². The maximum Gasteiger partial charge on any atom is 0.270 e. The molecule has 0 saturated carbocycles. The van der Waals surface area contributed by atoms with Crippen LogP contribution in [0.25, 0.3) is 10.6 Å². The van der Waals surface area contributed by atoms with Gasteiger partial charge in [-0.1, -0.05) is 0 Å². The minimum atomic E-state index is -0.216. The number of carbonyl (C=O) groups is 1. The minimum absolute atomic E-state index is 0.0512. The van der Waals surface area contributed by atoms with Gasteiger partial charge < -0.3 is 15.2 Å². The summed E-state index contributed by atoms with van der Waals surface area (Å²) in [6.07, 6.45) is 0.529. The van der Waals surface area contributed by atoms with Gasteiger partial charge in [-0.2, -0.15) is 0 Å². The van der Waals surface area contributed by atoms with E-state index in [1.54, 1.807) is 12.5 Å². The zero-order valence-corrected chi connectivity index (χ0v) is 12.8. The van der Waals surface area contributed by atoms with Crippen LogP contribution in [-0.4, -0.2) is 35.8 Å². The third-order valence-electron chi connectivity index (χ3n) is 3.01. The highest BCUT2D eigenvalue weighted by molar-refractivity contribution is 7.13. The minimum Gasteiger partial charge on any atom is -0.497 e. The molecule has 6 heteroatoms. The molecule has 0 bridgehead atoms. The van der Waals surface area contributed by atoms with Gasteiger partial charge in [0.2, 0.25) is 0 Å². The topological polar surface area (TPSA) is 71.5 Å². The fourth-order valence-corrected chi connectivity index (χ4v) is 2.61. The molecule has 0 aliphatic carbocycles. The van der Waals surface area contributed by atoms with Gasteiger partial charge >= 0.3 is 0 Å². The Labute approximate surface area is 127 Å². The van der Waals surface area contributed by atoms with Crippen molar-refractivity contribution in [3.8, 4) is 16.3 Å². The Morgan fingerprint density at radius 2 is 2.14 bits per heavy atom. The van der Waals surface area contributed by atoms with Crippen molar-refractivity contribution in [3.63, 3.8) is 0 Å². The van der Waals surface area contributed by atoms with Gasteiger partial charge in [-0.15, -0.1) is 11.3 Å². The molecule has 112 valence electrons. The Balaban J connectivity index is 2.08. The van der Waals surface area contributed by atoms with E-state index in [1.807, 2.05) is 31.2 Å². The number of carbonyl (C=O) groups excluding carboxylic acids is 1. The monoisotopic (exact) mass is 306 g/mol. The molecule has 2 N–H and O–H groups in total. The fourth-order valence-electron chi connectivity index (χ4n) is 1.81. The number of thiazole rings is 1. The molecule has 0 fully saturated rings. The number of hydrogen-bond acceptors (Lipinski definition) is 5. The van der Waals surface area contributed by atoms with E-state index < -0.39 is 0 Å². The van der Waals surface area contributed by atoms with Crippen LogP contribution in [0.3, 0.4) is 0 Å². The van der Waals surface area contributed by atoms with Gasteiger partial charge in [0.15, 0.2) is 0 Å². The van der Waals surface area contributed by atoms with Crippen molar-refractivity contribution < 1.29 is 14.6 Å². The summed E-state index contributed by atoms with van der Waals surface area (Å²) in [5.41, 5.74) is 1.35. The van der Waals surface area contributed by atoms with E-state index in [4.69, 9.17) is 9.84 Å². The lowest BCUT2D eigenvalue weighted by Gasteiger charge is -2.10. The van der Waals surface area contributed by atoms with Crippen LogP contribution in [0.1, 0.15) is 23.8 Å². The number of nitrogens with zero attached hydrogens (tertiary/aromatic N) is 1. The average molecular weight is 306 g/mol. The number of methoxy groups -OCH3 is 1. The maximum atomic E-state index is 12.0. The lowest BCUT2D eigenvalue weighted by atomic mass is 10.2. The Hall–Kier alpha value is -1.92. The smallest absolute Gasteiger partial charge is 0.270 e. The van der Waals surface area contributed by atoms with Crippen molar-refractivity contribution in [1.82, 2.24) is 10.3 Å². The molecule has 1 aromatic carbocycles. The third kappa shape index (κ3) is 4.03. The van der Waals surface area contributed by atoms with Crippen molar-refractivity contribution in [2.45, 2.75) is 19.4 Å². The Bertz CT molecular complexity index is 595. The summed E-state index contributed by atoms with van der Waals surface area (Å²) < 4.78 is 5.11. The summed E-state index contributed by atoms with van der Waals surface area (Å²) >= 11 is 1.42. The summed E-state index contributed by atoms with van der Waals surface area (Å²) in [6, 6.07) is 7.47. The molecule has 2 rings (SSSR count). The number of hydrogen-bond donors (Lipinski definition) is 2. The second-order valence-electron chi connectivity index (χ2n) is 4.65. The summed E-state index contributed by atoms with van der Waals surface area (Å²) in [5.74, 6) is 0.568. The second kappa shape index (κ2) is 7.19. The maximum absolute atomic E-state index is 12.0. The average Bonchev–Trinajstić information content (AvgIpc) is 2.97. The van der Waals surface area contributed by atoms with Crippen LogP contribution < -0.4 is 10.1 Å². The molecular weight excluding hydrogens is 288 g/mol. The summed E-state index contributed by atoms with van der Waals surface area (Å²) in [6.45, 7) is 1.90. The zero-order chi connectivity index (χ0) is 15.2. The first-order valence-electron chi connectivity index (χ1n) is 6.65. The molecule has 1 atom stereocenters. The molecule has 1 unspecified atom stereocenters. The van der Waals surface area contributed by atoms with Crippen molar-refractivity contribution in [1.29, 1.82) is 0 Å². The highest BCUT2D eigenvalue weighted by Gasteiger charge is 2.14. The number of rotatable bonds is 6. The van der Waals surface area contributed by atoms with Gasteiger partial charge in [0.05, 0.1) is 7.11 Å². The lowest BCUT2D eigenvalue weighted by molar-refractivity contribution is 0.0930. The molecule has 0 radical (unpaired) electrons. The molecule has 1 heterocycles. The quantitative estimate of drug-likeness (QED) is 0.859. The largest absolute Gasteiger partial charge is 0.497 e. The summed E-state index contributed by atoms with van der Waals surface area (Å²) in [4.78, 5) is 16.4. The van der Waals surface area contributed by atoms with Crippen LogP contribution in [0, 0.1) is 0 Å².